The molecule has 0 saturated heterocycles. The molecular formula is C26H42N4O4. The van der Waals surface area contributed by atoms with Gasteiger partial charge in [-0.1, -0.05) is 26.7 Å². The zero-order chi connectivity index (χ0) is 24.7. The summed E-state index contributed by atoms with van der Waals surface area (Å²) in [6.07, 6.45) is 5.31. The van der Waals surface area contributed by atoms with Gasteiger partial charge in [0.2, 0.25) is 0 Å². The van der Waals surface area contributed by atoms with E-state index in [1.165, 1.54) is 0 Å². The van der Waals surface area contributed by atoms with Crippen LogP contribution in [0.15, 0.2) is 18.2 Å². The molecule has 2 aliphatic rings. The first-order valence-electron chi connectivity index (χ1n) is 12.7. The van der Waals surface area contributed by atoms with E-state index < -0.39 is 0 Å². The number of nitrogens with zero attached hydrogens (tertiary/aromatic N) is 2. The van der Waals surface area contributed by atoms with Crippen LogP contribution in [-0.2, 0) is 4.74 Å². The van der Waals surface area contributed by atoms with E-state index >= 15 is 0 Å². The van der Waals surface area contributed by atoms with Gasteiger partial charge in [0, 0.05) is 45.0 Å². The van der Waals surface area contributed by atoms with Crippen LogP contribution in [0.25, 0.3) is 0 Å². The Morgan fingerprint density at radius 3 is 2.62 bits per heavy atom. The number of benzene rings is 1. The van der Waals surface area contributed by atoms with Crippen LogP contribution in [0.1, 0.15) is 63.2 Å². The van der Waals surface area contributed by atoms with Crippen molar-refractivity contribution in [2.75, 3.05) is 45.7 Å². The summed E-state index contributed by atoms with van der Waals surface area (Å²) in [6.45, 7) is 9.33. The maximum atomic E-state index is 13.4. The van der Waals surface area contributed by atoms with E-state index in [0.29, 0.717) is 30.2 Å². The third-order valence-corrected chi connectivity index (χ3v) is 7.03. The zero-order valence-electron chi connectivity index (χ0n) is 21.4. The van der Waals surface area contributed by atoms with Crippen LogP contribution in [0.4, 0.5) is 10.5 Å². The predicted octanol–water partition coefficient (Wildman–Crippen LogP) is 3.97. The first kappa shape index (κ1) is 26.3. The number of hydrogen-bond donors (Lipinski definition) is 2. The van der Waals surface area contributed by atoms with E-state index in [1.807, 2.05) is 0 Å². The number of carbonyl (C=O) groups is 2. The minimum absolute atomic E-state index is 0.0807. The van der Waals surface area contributed by atoms with Crippen molar-refractivity contribution in [2.24, 2.45) is 5.92 Å². The second-order valence-corrected chi connectivity index (χ2v) is 9.88. The summed E-state index contributed by atoms with van der Waals surface area (Å²) >= 11 is 0. The molecule has 8 heteroatoms. The van der Waals surface area contributed by atoms with Gasteiger partial charge in [0.1, 0.15) is 12.4 Å². The van der Waals surface area contributed by atoms with E-state index in [2.05, 4.69) is 36.3 Å². The van der Waals surface area contributed by atoms with E-state index in [9.17, 15) is 9.59 Å². The molecule has 3 rings (SSSR count). The van der Waals surface area contributed by atoms with Gasteiger partial charge in [-0.15, -0.1) is 0 Å². The standard InChI is InChI=1S/C26H42N4O4/c1-6-13-30-15-18(2)24(33-5)16-29(4)25(31)22-14-21(11-12-23(22)34-17-19(30)3)28-26(32)27-20-9-7-8-10-20/h11-12,14,18-20,24H,6-10,13,15-17H2,1-5H3,(H2,27,28,32)/t18-,19+,24+/m0/s1. The maximum Gasteiger partial charge on any atom is 0.319 e. The molecule has 0 aromatic heterocycles. The summed E-state index contributed by atoms with van der Waals surface area (Å²) < 4.78 is 12.0. The highest BCUT2D eigenvalue weighted by atomic mass is 16.5. The second kappa shape index (κ2) is 12.4. The van der Waals surface area contributed by atoms with Crippen molar-refractivity contribution < 1.29 is 19.1 Å². The Kier molecular flexibility index (Phi) is 9.59. The zero-order valence-corrected chi connectivity index (χ0v) is 21.4. The molecule has 1 aliphatic carbocycles. The highest BCUT2D eigenvalue weighted by Crippen LogP contribution is 2.27. The number of rotatable bonds is 5. The van der Waals surface area contributed by atoms with Gasteiger partial charge in [-0.05, 0) is 56.8 Å². The molecule has 0 unspecified atom stereocenters. The van der Waals surface area contributed by atoms with E-state index in [4.69, 9.17) is 9.47 Å². The molecule has 1 aliphatic heterocycles. The Balaban J connectivity index is 1.84. The number of hydrogen-bond acceptors (Lipinski definition) is 5. The first-order chi connectivity index (χ1) is 16.3. The van der Waals surface area contributed by atoms with Crippen molar-refractivity contribution in [3.63, 3.8) is 0 Å². The van der Waals surface area contributed by atoms with Gasteiger partial charge >= 0.3 is 6.03 Å². The van der Waals surface area contributed by atoms with Crippen molar-refractivity contribution in [1.29, 1.82) is 0 Å². The van der Waals surface area contributed by atoms with Crippen LogP contribution in [0.2, 0.25) is 0 Å². The fraction of sp³-hybridized carbons (Fsp3) is 0.692. The summed E-state index contributed by atoms with van der Waals surface area (Å²) in [6, 6.07) is 5.47. The number of urea groups is 1. The Morgan fingerprint density at radius 1 is 1.21 bits per heavy atom. The second-order valence-electron chi connectivity index (χ2n) is 9.88. The average molecular weight is 475 g/mol. The van der Waals surface area contributed by atoms with Gasteiger partial charge in [0.25, 0.3) is 5.91 Å². The third-order valence-electron chi connectivity index (χ3n) is 7.03. The lowest BCUT2D eigenvalue weighted by Crippen LogP contribution is -2.46. The molecule has 2 N–H and O–H groups in total. The van der Waals surface area contributed by atoms with Crippen LogP contribution in [-0.4, -0.2) is 80.3 Å². The molecule has 3 atom stereocenters. The van der Waals surface area contributed by atoms with Crippen molar-refractivity contribution in [2.45, 2.75) is 71.1 Å². The smallest absolute Gasteiger partial charge is 0.319 e. The largest absolute Gasteiger partial charge is 0.491 e. The lowest BCUT2D eigenvalue weighted by Gasteiger charge is -2.35. The molecule has 0 spiro atoms. The molecule has 1 heterocycles. The molecule has 3 amide bonds. The van der Waals surface area contributed by atoms with E-state index in [0.717, 1.165) is 45.2 Å². The number of ether oxygens (including phenoxy) is 2. The number of likely N-dealkylation sites (N-methyl/N-ethyl adjacent to an activating group) is 1. The monoisotopic (exact) mass is 474 g/mol. The number of carbonyl (C=O) groups excluding carboxylic acids is 2. The molecular weight excluding hydrogens is 432 g/mol. The van der Waals surface area contributed by atoms with Crippen LogP contribution < -0.4 is 15.4 Å². The molecule has 34 heavy (non-hydrogen) atoms. The Bertz CT molecular complexity index is 827. The Morgan fingerprint density at radius 2 is 1.94 bits per heavy atom. The van der Waals surface area contributed by atoms with Crippen LogP contribution >= 0.6 is 0 Å². The van der Waals surface area contributed by atoms with E-state index in [1.54, 1.807) is 37.3 Å². The Labute approximate surface area is 204 Å². The number of fused-ring (bicyclic) bond motifs is 1. The molecule has 8 nitrogen and oxygen atoms in total. The Hall–Kier alpha value is -2.32. The lowest BCUT2D eigenvalue weighted by atomic mass is 10.0. The molecule has 1 fully saturated rings. The van der Waals surface area contributed by atoms with Gasteiger partial charge in [-0.25, -0.2) is 4.79 Å². The van der Waals surface area contributed by atoms with Crippen LogP contribution in [0.3, 0.4) is 0 Å². The maximum absolute atomic E-state index is 13.4. The first-order valence-corrected chi connectivity index (χ1v) is 12.7. The number of nitrogens with one attached hydrogen (secondary N) is 2. The van der Waals surface area contributed by atoms with Gasteiger partial charge in [0.15, 0.2) is 0 Å². The van der Waals surface area contributed by atoms with Gasteiger partial charge in [0.05, 0.1) is 11.7 Å². The van der Waals surface area contributed by atoms with E-state index in [-0.39, 0.29) is 36.0 Å². The SMILES string of the molecule is CCCN1C[C@H](C)[C@H](OC)CN(C)C(=O)c2cc(NC(=O)NC3CCCC3)ccc2OC[C@H]1C. The molecule has 0 radical (unpaired) electrons. The summed E-state index contributed by atoms with van der Waals surface area (Å²) in [4.78, 5) is 30.0. The predicted molar refractivity (Wildman–Crippen MR) is 135 cm³/mol. The highest BCUT2D eigenvalue weighted by molar-refractivity contribution is 5.99. The topological polar surface area (TPSA) is 83.1 Å². The molecule has 1 aromatic rings. The molecule has 0 bridgehead atoms. The van der Waals surface area contributed by atoms with Gasteiger partial charge < -0.3 is 25.0 Å². The van der Waals surface area contributed by atoms with Crippen LogP contribution in [0.5, 0.6) is 5.75 Å². The number of amides is 3. The van der Waals surface area contributed by atoms with Crippen molar-refractivity contribution in [3.05, 3.63) is 23.8 Å². The fourth-order valence-electron chi connectivity index (χ4n) is 4.95. The van der Waals surface area contributed by atoms with Crippen molar-refractivity contribution >= 4 is 17.6 Å². The third kappa shape index (κ3) is 6.85. The molecule has 1 saturated carbocycles. The summed E-state index contributed by atoms with van der Waals surface area (Å²) in [7, 11) is 3.50. The highest BCUT2D eigenvalue weighted by Gasteiger charge is 2.28. The van der Waals surface area contributed by atoms with Gasteiger partial charge in [-0.2, -0.15) is 0 Å². The lowest BCUT2D eigenvalue weighted by molar-refractivity contribution is 0.0108. The average Bonchev–Trinajstić information content (AvgIpc) is 3.32. The number of methoxy groups -OCH3 is 1. The molecule has 190 valence electrons. The minimum atomic E-state index is -0.237. The molecule has 1 aromatic carbocycles. The summed E-state index contributed by atoms with van der Waals surface area (Å²) in [5.74, 6) is 0.632. The van der Waals surface area contributed by atoms with Crippen molar-refractivity contribution in [1.82, 2.24) is 15.1 Å². The normalized spacial score (nSPS) is 25.1. The summed E-state index contributed by atoms with van der Waals surface area (Å²) in [5.41, 5.74) is 1.02. The summed E-state index contributed by atoms with van der Waals surface area (Å²) in [5, 5.41) is 5.92. The fourth-order valence-corrected chi connectivity index (χ4v) is 4.95. The van der Waals surface area contributed by atoms with Gasteiger partial charge in [-0.3, -0.25) is 9.69 Å². The van der Waals surface area contributed by atoms with Crippen LogP contribution in [0, 0.1) is 5.92 Å². The minimum Gasteiger partial charge on any atom is -0.491 e. The van der Waals surface area contributed by atoms with Crippen molar-refractivity contribution in [3.8, 4) is 5.75 Å². The quantitative estimate of drug-likeness (QED) is 0.675. The number of anilines is 1.